The lowest BCUT2D eigenvalue weighted by molar-refractivity contribution is 0.0945. The van der Waals surface area contributed by atoms with E-state index in [0.717, 1.165) is 22.2 Å². The van der Waals surface area contributed by atoms with E-state index in [0.29, 0.717) is 22.2 Å². The van der Waals surface area contributed by atoms with Crippen molar-refractivity contribution in [2.75, 3.05) is 18.5 Å². The second kappa shape index (κ2) is 8.90. The number of carbonyl (C=O) groups is 1. The Bertz CT molecular complexity index is 1200. The van der Waals surface area contributed by atoms with Crippen molar-refractivity contribution in [1.29, 1.82) is 0 Å². The molecule has 30 heavy (non-hydrogen) atoms. The second-order valence-electron chi connectivity index (χ2n) is 6.61. The molecule has 0 saturated heterocycles. The first-order valence-electron chi connectivity index (χ1n) is 9.43. The number of fused-ring (bicyclic) bond motifs is 1. The Morgan fingerprint density at radius 3 is 2.60 bits per heavy atom. The van der Waals surface area contributed by atoms with E-state index in [1.54, 1.807) is 24.3 Å². The summed E-state index contributed by atoms with van der Waals surface area (Å²) in [5, 5.41) is 16.2. The Balaban J connectivity index is 1.72. The minimum atomic E-state index is -0.260. The van der Waals surface area contributed by atoms with Crippen molar-refractivity contribution in [3.8, 4) is 11.3 Å². The van der Waals surface area contributed by atoms with Crippen LogP contribution in [0.1, 0.15) is 10.4 Å². The molecular formula is C23H19ClN4O2. The molecule has 1 amide bonds. The molecule has 0 saturated carbocycles. The number of hydrogen-bond donors (Lipinski definition) is 3. The molecule has 0 aliphatic heterocycles. The number of anilines is 2. The molecule has 7 heteroatoms. The number of rotatable bonds is 6. The first kappa shape index (κ1) is 19.8. The number of aromatic nitrogens is 2. The topological polar surface area (TPSA) is 87.1 Å². The van der Waals surface area contributed by atoms with Crippen LogP contribution in [0.2, 0.25) is 5.02 Å². The summed E-state index contributed by atoms with van der Waals surface area (Å²) >= 11 is 6.18. The van der Waals surface area contributed by atoms with Gasteiger partial charge in [-0.3, -0.25) is 4.79 Å². The Morgan fingerprint density at radius 2 is 1.80 bits per heavy atom. The Kier molecular flexibility index (Phi) is 5.88. The van der Waals surface area contributed by atoms with Crippen LogP contribution in [0.15, 0.2) is 72.8 Å². The van der Waals surface area contributed by atoms with Crippen LogP contribution in [0.5, 0.6) is 0 Å². The van der Waals surface area contributed by atoms with E-state index in [9.17, 15) is 4.79 Å². The number of nitrogens with zero attached hydrogens (tertiary/aromatic N) is 2. The van der Waals surface area contributed by atoms with Crippen molar-refractivity contribution >= 4 is 40.0 Å². The number of aliphatic hydroxyl groups excluding tert-OH is 1. The van der Waals surface area contributed by atoms with E-state index in [1.165, 1.54) is 0 Å². The lowest BCUT2D eigenvalue weighted by Crippen LogP contribution is -2.26. The molecular weight excluding hydrogens is 400 g/mol. The molecule has 3 aromatic carbocycles. The van der Waals surface area contributed by atoms with E-state index >= 15 is 0 Å². The van der Waals surface area contributed by atoms with E-state index in [1.807, 2.05) is 48.5 Å². The third-order valence-electron chi connectivity index (χ3n) is 4.48. The van der Waals surface area contributed by atoms with Crippen molar-refractivity contribution in [2.45, 2.75) is 0 Å². The van der Waals surface area contributed by atoms with Crippen molar-refractivity contribution in [3.05, 3.63) is 83.4 Å². The van der Waals surface area contributed by atoms with E-state index in [2.05, 4.69) is 15.6 Å². The van der Waals surface area contributed by atoms with Gasteiger partial charge in [0.1, 0.15) is 0 Å². The monoisotopic (exact) mass is 418 g/mol. The third-order valence-corrected chi connectivity index (χ3v) is 4.72. The molecule has 6 nitrogen and oxygen atoms in total. The van der Waals surface area contributed by atoms with Crippen molar-refractivity contribution in [1.82, 2.24) is 15.3 Å². The quantitative estimate of drug-likeness (QED) is 0.431. The summed E-state index contributed by atoms with van der Waals surface area (Å²) < 4.78 is 0. The minimum Gasteiger partial charge on any atom is -0.395 e. The van der Waals surface area contributed by atoms with Crippen LogP contribution < -0.4 is 10.6 Å². The predicted octanol–water partition coefficient (Wildman–Crippen LogP) is 4.42. The molecule has 0 spiro atoms. The molecule has 0 aliphatic carbocycles. The van der Waals surface area contributed by atoms with Gasteiger partial charge < -0.3 is 15.7 Å². The van der Waals surface area contributed by atoms with Gasteiger partial charge >= 0.3 is 0 Å². The number of halogens is 1. The van der Waals surface area contributed by atoms with E-state index in [-0.39, 0.29) is 19.1 Å². The molecule has 3 N–H and O–H groups in total. The van der Waals surface area contributed by atoms with Crippen LogP contribution in [0.25, 0.3) is 22.2 Å². The highest BCUT2D eigenvalue weighted by molar-refractivity contribution is 6.31. The molecule has 0 bridgehead atoms. The molecule has 0 radical (unpaired) electrons. The number of aliphatic hydroxyl groups is 1. The van der Waals surface area contributed by atoms with Crippen molar-refractivity contribution < 1.29 is 9.90 Å². The molecule has 4 rings (SSSR count). The van der Waals surface area contributed by atoms with Crippen molar-refractivity contribution in [3.63, 3.8) is 0 Å². The molecule has 0 unspecified atom stereocenters. The normalized spacial score (nSPS) is 10.7. The van der Waals surface area contributed by atoms with Crippen molar-refractivity contribution in [2.24, 2.45) is 0 Å². The zero-order chi connectivity index (χ0) is 20.9. The highest BCUT2D eigenvalue weighted by Gasteiger charge is 2.12. The summed E-state index contributed by atoms with van der Waals surface area (Å²) in [6.07, 6.45) is 0. The van der Waals surface area contributed by atoms with E-state index < -0.39 is 0 Å². The van der Waals surface area contributed by atoms with Gasteiger partial charge in [0.25, 0.3) is 5.91 Å². The van der Waals surface area contributed by atoms with Crippen LogP contribution in [0.4, 0.5) is 11.6 Å². The first-order valence-corrected chi connectivity index (χ1v) is 9.81. The van der Waals surface area contributed by atoms with Crippen LogP contribution in [0, 0.1) is 0 Å². The van der Waals surface area contributed by atoms with Gasteiger partial charge in [0.15, 0.2) is 0 Å². The molecule has 1 heterocycles. The van der Waals surface area contributed by atoms with Crippen LogP contribution >= 0.6 is 11.6 Å². The summed E-state index contributed by atoms with van der Waals surface area (Å²) in [5.74, 6) is 0.139. The van der Waals surface area contributed by atoms with Gasteiger partial charge in [0, 0.05) is 33.8 Å². The number of nitrogens with one attached hydrogen (secondary N) is 2. The average molecular weight is 419 g/mol. The van der Waals surface area contributed by atoms with Crippen LogP contribution in [0.3, 0.4) is 0 Å². The molecule has 1 aromatic heterocycles. The smallest absolute Gasteiger partial charge is 0.251 e. The Hall–Kier alpha value is -3.48. The van der Waals surface area contributed by atoms with Gasteiger partial charge in [-0.25, -0.2) is 9.97 Å². The number of hydrogen-bond acceptors (Lipinski definition) is 5. The summed E-state index contributed by atoms with van der Waals surface area (Å²) in [6, 6.07) is 22.4. The maximum atomic E-state index is 12.2. The standard InChI is InChI=1S/C23H19ClN4O2/c24-17-9-10-19-20(14-17)27-23(28-21(19)15-5-2-1-3-6-15)26-18-8-4-7-16(13-18)22(30)25-11-12-29/h1-10,13-14,29H,11-12H2,(H,25,30)(H,26,27,28). The minimum absolute atomic E-state index is 0.112. The maximum Gasteiger partial charge on any atom is 0.251 e. The van der Waals surface area contributed by atoms with Gasteiger partial charge in [-0.15, -0.1) is 0 Å². The van der Waals surface area contributed by atoms with Crippen LogP contribution in [-0.2, 0) is 0 Å². The zero-order valence-electron chi connectivity index (χ0n) is 16.0. The molecule has 0 aliphatic rings. The SMILES string of the molecule is O=C(NCCO)c1cccc(Nc2nc(-c3ccccc3)c3ccc(Cl)cc3n2)c1. The number of benzene rings is 3. The van der Waals surface area contributed by atoms with Crippen LogP contribution in [-0.4, -0.2) is 34.1 Å². The highest BCUT2D eigenvalue weighted by atomic mass is 35.5. The maximum absolute atomic E-state index is 12.2. The van der Waals surface area contributed by atoms with E-state index in [4.69, 9.17) is 21.7 Å². The second-order valence-corrected chi connectivity index (χ2v) is 7.05. The average Bonchev–Trinajstić information content (AvgIpc) is 2.77. The lowest BCUT2D eigenvalue weighted by Gasteiger charge is -2.11. The van der Waals surface area contributed by atoms with Gasteiger partial charge in [0.05, 0.1) is 17.8 Å². The first-order chi connectivity index (χ1) is 14.6. The fraction of sp³-hybridized carbons (Fsp3) is 0.0870. The Morgan fingerprint density at radius 1 is 0.967 bits per heavy atom. The summed E-state index contributed by atoms with van der Waals surface area (Å²) in [4.78, 5) is 21.5. The largest absolute Gasteiger partial charge is 0.395 e. The van der Waals surface area contributed by atoms with Gasteiger partial charge in [-0.05, 0) is 36.4 Å². The molecule has 150 valence electrons. The highest BCUT2D eigenvalue weighted by Crippen LogP contribution is 2.29. The molecule has 0 fully saturated rings. The molecule has 4 aromatic rings. The third kappa shape index (κ3) is 4.40. The summed E-state index contributed by atoms with van der Waals surface area (Å²) in [7, 11) is 0. The number of amides is 1. The predicted molar refractivity (Wildman–Crippen MR) is 119 cm³/mol. The Labute approximate surface area is 178 Å². The van der Waals surface area contributed by atoms with Gasteiger partial charge in [-0.2, -0.15) is 0 Å². The zero-order valence-corrected chi connectivity index (χ0v) is 16.7. The summed E-state index contributed by atoms with van der Waals surface area (Å²) in [5.41, 5.74) is 3.62. The van der Waals surface area contributed by atoms with Gasteiger partial charge in [-0.1, -0.05) is 48.0 Å². The molecule has 0 atom stereocenters. The fourth-order valence-electron chi connectivity index (χ4n) is 3.11. The summed E-state index contributed by atoms with van der Waals surface area (Å²) in [6.45, 7) is 0.0882. The fourth-order valence-corrected chi connectivity index (χ4v) is 3.28. The number of carbonyl (C=O) groups excluding carboxylic acids is 1. The lowest BCUT2D eigenvalue weighted by atomic mass is 10.1. The van der Waals surface area contributed by atoms with Gasteiger partial charge in [0.2, 0.25) is 5.95 Å².